The molecule has 0 amide bonds. The van der Waals surface area contributed by atoms with Crippen LogP contribution in [0.3, 0.4) is 0 Å². The van der Waals surface area contributed by atoms with Crippen molar-refractivity contribution in [1.29, 1.82) is 0 Å². The minimum Gasteiger partial charge on any atom is -0.355 e. The smallest absolute Gasteiger partial charge is 0.191 e. The number of nitrogens with one attached hydrogen (secondary N) is 2. The van der Waals surface area contributed by atoms with E-state index in [1.165, 1.54) is 12.8 Å². The van der Waals surface area contributed by atoms with E-state index >= 15 is 0 Å². The fourth-order valence-electron chi connectivity index (χ4n) is 2.93. The summed E-state index contributed by atoms with van der Waals surface area (Å²) in [5.41, 5.74) is 0. The first-order valence-electron chi connectivity index (χ1n) is 8.76. The van der Waals surface area contributed by atoms with Crippen LogP contribution in [0.1, 0.15) is 60.3 Å². The van der Waals surface area contributed by atoms with Crippen molar-refractivity contribution in [2.24, 2.45) is 16.8 Å². The zero-order valence-corrected chi connectivity index (χ0v) is 16.5. The highest BCUT2D eigenvalue weighted by atomic mass is 32.2. The van der Waals surface area contributed by atoms with E-state index in [9.17, 15) is 8.42 Å². The van der Waals surface area contributed by atoms with Gasteiger partial charge in [0, 0.05) is 19.6 Å². The molecular weight excluding hydrogens is 310 g/mol. The fourth-order valence-corrected chi connectivity index (χ4v) is 3.91. The summed E-state index contributed by atoms with van der Waals surface area (Å²) in [5, 5.41) is 6.57. The predicted octanol–water partition coefficient (Wildman–Crippen LogP) is 2.58. The fraction of sp³-hybridized carbons (Fsp3) is 0.941. The van der Waals surface area contributed by atoms with E-state index in [1.807, 2.05) is 0 Å². The quantitative estimate of drug-likeness (QED) is 0.593. The van der Waals surface area contributed by atoms with E-state index in [-0.39, 0.29) is 5.75 Å². The van der Waals surface area contributed by atoms with Crippen molar-refractivity contribution in [3.8, 4) is 0 Å². The van der Waals surface area contributed by atoms with Crippen LogP contribution in [-0.2, 0) is 9.84 Å². The van der Waals surface area contributed by atoms with Crippen molar-refractivity contribution >= 4 is 15.8 Å². The number of rotatable bonds is 5. The highest BCUT2D eigenvalue weighted by molar-refractivity contribution is 7.92. The van der Waals surface area contributed by atoms with E-state index in [2.05, 4.69) is 29.5 Å². The molecule has 0 heterocycles. The molecular formula is C17H35N3O2S. The third-order valence-corrected chi connectivity index (χ3v) is 7.48. The molecule has 0 unspecified atom stereocenters. The molecule has 1 aliphatic rings. The summed E-state index contributed by atoms with van der Waals surface area (Å²) < 4.78 is 23.5. The van der Waals surface area contributed by atoms with Crippen LogP contribution in [0.25, 0.3) is 0 Å². The van der Waals surface area contributed by atoms with E-state index in [1.54, 1.807) is 27.8 Å². The average molecular weight is 346 g/mol. The zero-order chi connectivity index (χ0) is 17.7. The second-order valence-electron chi connectivity index (χ2n) is 7.93. The van der Waals surface area contributed by atoms with Gasteiger partial charge in [0.05, 0.1) is 10.5 Å². The van der Waals surface area contributed by atoms with Gasteiger partial charge in [0.1, 0.15) is 0 Å². The molecule has 136 valence electrons. The van der Waals surface area contributed by atoms with Gasteiger partial charge in [-0.2, -0.15) is 0 Å². The van der Waals surface area contributed by atoms with Gasteiger partial charge in [-0.05, 0) is 58.3 Å². The Morgan fingerprint density at radius 2 is 1.74 bits per heavy atom. The maximum absolute atomic E-state index is 12.1. The van der Waals surface area contributed by atoms with E-state index < -0.39 is 14.6 Å². The Morgan fingerprint density at radius 3 is 2.17 bits per heavy atom. The molecule has 23 heavy (non-hydrogen) atoms. The van der Waals surface area contributed by atoms with Gasteiger partial charge >= 0.3 is 0 Å². The van der Waals surface area contributed by atoms with Gasteiger partial charge < -0.3 is 10.6 Å². The third kappa shape index (κ3) is 6.32. The molecule has 0 aliphatic heterocycles. The number of nitrogens with zero attached hydrogens (tertiary/aromatic N) is 1. The van der Waals surface area contributed by atoms with Gasteiger partial charge in [0.15, 0.2) is 15.8 Å². The van der Waals surface area contributed by atoms with Gasteiger partial charge in [-0.3, -0.25) is 4.99 Å². The lowest BCUT2D eigenvalue weighted by Crippen LogP contribution is -2.46. The van der Waals surface area contributed by atoms with Gasteiger partial charge in [-0.25, -0.2) is 8.42 Å². The van der Waals surface area contributed by atoms with Crippen molar-refractivity contribution in [2.45, 2.75) is 71.1 Å². The lowest BCUT2D eigenvalue weighted by Gasteiger charge is -2.32. The zero-order valence-electron chi connectivity index (χ0n) is 15.6. The van der Waals surface area contributed by atoms with Crippen LogP contribution in [0, 0.1) is 11.8 Å². The Balaban J connectivity index is 2.39. The molecule has 6 heteroatoms. The Hall–Kier alpha value is -0.780. The van der Waals surface area contributed by atoms with Gasteiger partial charge in [0.25, 0.3) is 0 Å². The van der Waals surface area contributed by atoms with Crippen molar-refractivity contribution in [2.75, 3.05) is 19.3 Å². The molecule has 1 saturated carbocycles. The first kappa shape index (κ1) is 20.3. The molecule has 0 aromatic carbocycles. The summed E-state index contributed by atoms with van der Waals surface area (Å²) in [4.78, 5) is 4.22. The van der Waals surface area contributed by atoms with E-state index in [4.69, 9.17) is 0 Å². The number of aliphatic imine (C=N–C) groups is 1. The highest BCUT2D eigenvalue weighted by Crippen LogP contribution is 2.29. The molecule has 2 N–H and O–H groups in total. The van der Waals surface area contributed by atoms with Crippen LogP contribution in [0.5, 0.6) is 0 Å². The monoisotopic (exact) mass is 345 g/mol. The van der Waals surface area contributed by atoms with Gasteiger partial charge in [-0.15, -0.1) is 0 Å². The molecule has 0 spiro atoms. The van der Waals surface area contributed by atoms with Crippen molar-refractivity contribution in [3.63, 3.8) is 0 Å². The summed E-state index contributed by atoms with van der Waals surface area (Å²) in [7, 11) is -1.37. The molecule has 1 fully saturated rings. The standard InChI is InChI=1S/C17H35N3O2S/c1-13(2)14-7-9-15(10-8-14)20-16(18-6)19-11-12-23(21,22)17(3,4)5/h13-15H,7-12H2,1-6H3,(H2,18,19,20). The summed E-state index contributed by atoms with van der Waals surface area (Å²) in [6.45, 7) is 10.2. The van der Waals surface area contributed by atoms with Crippen molar-refractivity contribution in [1.82, 2.24) is 10.6 Å². The molecule has 0 atom stereocenters. The second-order valence-corrected chi connectivity index (χ2v) is 10.8. The van der Waals surface area contributed by atoms with Crippen LogP contribution in [0.2, 0.25) is 0 Å². The lowest BCUT2D eigenvalue weighted by molar-refractivity contribution is 0.250. The minimum atomic E-state index is -3.10. The summed E-state index contributed by atoms with van der Waals surface area (Å²) >= 11 is 0. The van der Waals surface area contributed by atoms with Gasteiger partial charge in [0.2, 0.25) is 0 Å². The topological polar surface area (TPSA) is 70.6 Å². The molecule has 0 saturated heterocycles. The molecule has 1 aliphatic carbocycles. The first-order chi connectivity index (χ1) is 10.6. The Morgan fingerprint density at radius 1 is 1.17 bits per heavy atom. The maximum atomic E-state index is 12.1. The molecule has 1 rings (SSSR count). The van der Waals surface area contributed by atoms with Crippen LogP contribution in [-0.4, -0.2) is 44.5 Å². The second kappa shape index (κ2) is 8.36. The maximum Gasteiger partial charge on any atom is 0.191 e. The minimum absolute atomic E-state index is 0.122. The number of guanidine groups is 1. The highest BCUT2D eigenvalue weighted by Gasteiger charge is 2.28. The van der Waals surface area contributed by atoms with Crippen LogP contribution in [0.4, 0.5) is 0 Å². The summed E-state index contributed by atoms with van der Waals surface area (Å²) in [6.07, 6.45) is 4.82. The first-order valence-corrected chi connectivity index (χ1v) is 10.4. The van der Waals surface area contributed by atoms with E-state index in [0.29, 0.717) is 18.5 Å². The third-order valence-electron chi connectivity index (χ3n) is 4.88. The number of hydrogen-bond donors (Lipinski definition) is 2. The van der Waals surface area contributed by atoms with Crippen molar-refractivity contribution in [3.05, 3.63) is 0 Å². The largest absolute Gasteiger partial charge is 0.355 e. The van der Waals surface area contributed by atoms with E-state index in [0.717, 1.165) is 24.7 Å². The van der Waals surface area contributed by atoms with Crippen LogP contribution in [0.15, 0.2) is 4.99 Å². The molecule has 0 aromatic heterocycles. The number of sulfone groups is 1. The predicted molar refractivity (Wildman–Crippen MR) is 98.6 cm³/mol. The lowest BCUT2D eigenvalue weighted by atomic mass is 9.80. The summed E-state index contributed by atoms with van der Waals surface area (Å²) in [6, 6.07) is 0.440. The van der Waals surface area contributed by atoms with Crippen LogP contribution >= 0.6 is 0 Å². The average Bonchev–Trinajstić information content (AvgIpc) is 2.45. The molecule has 5 nitrogen and oxygen atoms in total. The summed E-state index contributed by atoms with van der Waals surface area (Å²) in [5.74, 6) is 2.43. The molecule has 0 aromatic rings. The Bertz CT molecular complexity index is 484. The van der Waals surface area contributed by atoms with Crippen LogP contribution < -0.4 is 10.6 Å². The molecule has 0 bridgehead atoms. The SMILES string of the molecule is CN=C(NCCS(=O)(=O)C(C)(C)C)NC1CCC(C(C)C)CC1. The van der Waals surface area contributed by atoms with Crippen molar-refractivity contribution < 1.29 is 8.42 Å². The Labute approximate surface area is 142 Å². The number of hydrogen-bond acceptors (Lipinski definition) is 3. The molecule has 0 radical (unpaired) electrons. The Kier molecular flexibility index (Phi) is 7.36. The normalized spacial score (nSPS) is 23.9. The van der Waals surface area contributed by atoms with Gasteiger partial charge in [-0.1, -0.05) is 13.8 Å².